The van der Waals surface area contributed by atoms with Gasteiger partial charge in [-0.25, -0.2) is 0 Å². The summed E-state index contributed by atoms with van der Waals surface area (Å²) in [6.07, 6.45) is 3.93. The fourth-order valence-corrected chi connectivity index (χ4v) is 2.09. The normalized spacial score (nSPS) is 17.2. The van der Waals surface area contributed by atoms with Crippen molar-refractivity contribution in [3.05, 3.63) is 23.8 Å². The second-order valence-corrected chi connectivity index (χ2v) is 4.50. The number of nitrogens with two attached hydrogens (primary N) is 1. The van der Waals surface area contributed by atoms with Gasteiger partial charge in [-0.05, 0) is 37.8 Å². The van der Waals surface area contributed by atoms with E-state index in [1.54, 1.807) is 6.07 Å². The van der Waals surface area contributed by atoms with Gasteiger partial charge in [-0.15, -0.1) is 0 Å². The molecule has 1 fully saturated rings. The van der Waals surface area contributed by atoms with Crippen molar-refractivity contribution in [2.45, 2.75) is 32.2 Å². The summed E-state index contributed by atoms with van der Waals surface area (Å²) in [6.45, 7) is 2.18. The summed E-state index contributed by atoms with van der Waals surface area (Å²) in [7, 11) is 0. The Bertz CT molecular complexity index is 416. The lowest BCUT2D eigenvalue weighted by atomic mass is 9.80. The second kappa shape index (κ2) is 4.44. The maximum absolute atomic E-state index is 8.89. The molecule has 2 rings (SSSR count). The van der Waals surface area contributed by atoms with E-state index in [9.17, 15) is 0 Å². The van der Waals surface area contributed by atoms with Crippen LogP contribution >= 0.6 is 0 Å². The van der Waals surface area contributed by atoms with E-state index >= 15 is 0 Å². The molecule has 0 saturated heterocycles. The molecule has 0 amide bonds. The third-order valence-electron chi connectivity index (χ3n) is 3.47. The first-order valence-electron chi connectivity index (χ1n) is 5.77. The van der Waals surface area contributed by atoms with Crippen LogP contribution in [-0.2, 0) is 0 Å². The van der Waals surface area contributed by atoms with Gasteiger partial charge >= 0.3 is 0 Å². The SMILES string of the molecule is CC(Nc1cccc(C#N)c1N)C1CCC1. The van der Waals surface area contributed by atoms with Crippen LogP contribution in [0.2, 0.25) is 0 Å². The van der Waals surface area contributed by atoms with Gasteiger partial charge in [-0.3, -0.25) is 0 Å². The maximum atomic E-state index is 8.89. The quantitative estimate of drug-likeness (QED) is 0.762. The van der Waals surface area contributed by atoms with Crippen molar-refractivity contribution in [3.8, 4) is 6.07 Å². The van der Waals surface area contributed by atoms with Gasteiger partial charge in [0.25, 0.3) is 0 Å². The molecule has 0 bridgehead atoms. The lowest BCUT2D eigenvalue weighted by molar-refractivity contribution is 0.285. The highest BCUT2D eigenvalue weighted by atomic mass is 14.9. The van der Waals surface area contributed by atoms with E-state index in [1.807, 2.05) is 12.1 Å². The van der Waals surface area contributed by atoms with Crippen molar-refractivity contribution in [2.24, 2.45) is 5.92 Å². The number of hydrogen-bond donors (Lipinski definition) is 2. The summed E-state index contributed by atoms with van der Waals surface area (Å²) in [5, 5.41) is 12.3. The number of para-hydroxylation sites is 1. The monoisotopic (exact) mass is 215 g/mol. The molecule has 1 atom stereocenters. The molecule has 1 aliphatic rings. The Morgan fingerprint density at radius 1 is 1.50 bits per heavy atom. The van der Waals surface area contributed by atoms with Crippen molar-refractivity contribution in [1.82, 2.24) is 0 Å². The number of nitriles is 1. The molecule has 3 nitrogen and oxygen atoms in total. The highest BCUT2D eigenvalue weighted by Gasteiger charge is 2.24. The molecule has 0 radical (unpaired) electrons. The van der Waals surface area contributed by atoms with E-state index in [2.05, 4.69) is 18.3 Å². The number of rotatable bonds is 3. The number of hydrogen-bond acceptors (Lipinski definition) is 3. The third-order valence-corrected chi connectivity index (χ3v) is 3.47. The summed E-state index contributed by atoms with van der Waals surface area (Å²) in [5.74, 6) is 0.755. The Labute approximate surface area is 96.3 Å². The largest absolute Gasteiger partial charge is 0.396 e. The standard InChI is InChI=1S/C13H17N3/c1-9(10-4-2-5-10)16-12-7-3-6-11(8-14)13(12)15/h3,6-7,9-10,16H,2,4-5,15H2,1H3. The van der Waals surface area contributed by atoms with E-state index in [1.165, 1.54) is 19.3 Å². The molecular weight excluding hydrogens is 198 g/mol. The predicted octanol–water partition coefficient (Wildman–Crippen LogP) is 2.74. The van der Waals surface area contributed by atoms with Gasteiger partial charge in [-0.2, -0.15) is 5.26 Å². The van der Waals surface area contributed by atoms with Crippen LogP contribution < -0.4 is 11.1 Å². The molecule has 0 aromatic heterocycles. The fraction of sp³-hybridized carbons (Fsp3) is 0.462. The van der Waals surface area contributed by atoms with Gasteiger partial charge in [0.1, 0.15) is 6.07 Å². The summed E-state index contributed by atoms with van der Waals surface area (Å²) >= 11 is 0. The average molecular weight is 215 g/mol. The van der Waals surface area contributed by atoms with Crippen LogP contribution in [-0.4, -0.2) is 6.04 Å². The van der Waals surface area contributed by atoms with E-state index in [-0.39, 0.29) is 0 Å². The summed E-state index contributed by atoms with van der Waals surface area (Å²) < 4.78 is 0. The minimum atomic E-state index is 0.435. The fourth-order valence-electron chi connectivity index (χ4n) is 2.09. The number of anilines is 2. The van der Waals surface area contributed by atoms with Crippen LogP contribution in [0.4, 0.5) is 11.4 Å². The first-order chi connectivity index (χ1) is 7.72. The van der Waals surface area contributed by atoms with Crippen LogP contribution in [0.25, 0.3) is 0 Å². The van der Waals surface area contributed by atoms with Crippen LogP contribution in [0.5, 0.6) is 0 Å². The zero-order valence-corrected chi connectivity index (χ0v) is 9.53. The molecule has 3 heteroatoms. The first-order valence-corrected chi connectivity index (χ1v) is 5.77. The summed E-state index contributed by atoms with van der Waals surface area (Å²) in [5.41, 5.74) is 7.92. The smallest absolute Gasteiger partial charge is 0.101 e. The highest BCUT2D eigenvalue weighted by molar-refractivity contribution is 5.73. The second-order valence-electron chi connectivity index (χ2n) is 4.50. The third kappa shape index (κ3) is 1.96. The van der Waals surface area contributed by atoms with Crippen molar-refractivity contribution >= 4 is 11.4 Å². The van der Waals surface area contributed by atoms with Crippen molar-refractivity contribution in [3.63, 3.8) is 0 Å². The minimum Gasteiger partial charge on any atom is -0.396 e. The minimum absolute atomic E-state index is 0.435. The van der Waals surface area contributed by atoms with Crippen LogP contribution in [0.15, 0.2) is 18.2 Å². The topological polar surface area (TPSA) is 61.8 Å². The summed E-state index contributed by atoms with van der Waals surface area (Å²) in [4.78, 5) is 0. The molecule has 1 unspecified atom stereocenters. The van der Waals surface area contributed by atoms with Crippen molar-refractivity contribution in [2.75, 3.05) is 11.1 Å². The van der Waals surface area contributed by atoms with Crippen LogP contribution in [0.1, 0.15) is 31.7 Å². The molecule has 0 aliphatic heterocycles. The number of nitrogens with zero attached hydrogens (tertiary/aromatic N) is 1. The lowest BCUT2D eigenvalue weighted by Gasteiger charge is -2.32. The Balaban J connectivity index is 2.12. The molecule has 1 saturated carbocycles. The first kappa shape index (κ1) is 10.8. The van der Waals surface area contributed by atoms with E-state index < -0.39 is 0 Å². The number of benzene rings is 1. The van der Waals surface area contributed by atoms with Gasteiger partial charge in [-0.1, -0.05) is 12.5 Å². The number of nitrogens with one attached hydrogen (secondary N) is 1. The van der Waals surface area contributed by atoms with Gasteiger partial charge in [0, 0.05) is 6.04 Å². The van der Waals surface area contributed by atoms with Gasteiger partial charge in [0.15, 0.2) is 0 Å². The van der Waals surface area contributed by atoms with E-state index in [0.29, 0.717) is 17.3 Å². The lowest BCUT2D eigenvalue weighted by Crippen LogP contribution is -2.31. The summed E-state index contributed by atoms with van der Waals surface area (Å²) in [6, 6.07) is 8.08. The van der Waals surface area contributed by atoms with E-state index in [0.717, 1.165) is 11.6 Å². The Hall–Kier alpha value is -1.69. The molecule has 1 aromatic rings. The molecule has 0 spiro atoms. The van der Waals surface area contributed by atoms with Gasteiger partial charge in [0.2, 0.25) is 0 Å². The zero-order chi connectivity index (χ0) is 11.5. The molecule has 16 heavy (non-hydrogen) atoms. The van der Waals surface area contributed by atoms with Crippen LogP contribution in [0.3, 0.4) is 0 Å². The number of nitrogen functional groups attached to an aromatic ring is 1. The Morgan fingerprint density at radius 3 is 2.81 bits per heavy atom. The van der Waals surface area contributed by atoms with Crippen molar-refractivity contribution in [1.29, 1.82) is 5.26 Å². The average Bonchev–Trinajstić information content (AvgIpc) is 2.18. The maximum Gasteiger partial charge on any atom is 0.101 e. The van der Waals surface area contributed by atoms with Crippen molar-refractivity contribution < 1.29 is 0 Å². The predicted molar refractivity (Wildman–Crippen MR) is 66.0 cm³/mol. The molecule has 1 aromatic carbocycles. The highest BCUT2D eigenvalue weighted by Crippen LogP contribution is 2.32. The van der Waals surface area contributed by atoms with Gasteiger partial charge in [0.05, 0.1) is 16.9 Å². The Kier molecular flexibility index (Phi) is 3.00. The zero-order valence-electron chi connectivity index (χ0n) is 9.53. The Morgan fingerprint density at radius 2 is 2.25 bits per heavy atom. The van der Waals surface area contributed by atoms with E-state index in [4.69, 9.17) is 11.0 Å². The molecule has 3 N–H and O–H groups in total. The molecule has 84 valence electrons. The molecular formula is C13H17N3. The van der Waals surface area contributed by atoms with Crippen LogP contribution in [0, 0.1) is 17.2 Å². The molecule has 0 heterocycles. The van der Waals surface area contributed by atoms with Gasteiger partial charge < -0.3 is 11.1 Å². The molecule has 1 aliphatic carbocycles.